The van der Waals surface area contributed by atoms with Gasteiger partial charge in [0.15, 0.2) is 0 Å². The highest BCUT2D eigenvalue weighted by atomic mass is 79.9. The van der Waals surface area contributed by atoms with Gasteiger partial charge in [-0.3, -0.25) is 10.1 Å². The van der Waals surface area contributed by atoms with Gasteiger partial charge in [-0.2, -0.15) is 0 Å². The first-order chi connectivity index (χ1) is 8.56. The van der Waals surface area contributed by atoms with Crippen molar-refractivity contribution in [2.45, 2.75) is 9.79 Å². The van der Waals surface area contributed by atoms with Crippen LogP contribution < -0.4 is 0 Å². The molecule has 2 aromatic carbocycles. The van der Waals surface area contributed by atoms with Gasteiger partial charge in [0, 0.05) is 31.4 Å². The molecule has 0 atom stereocenters. The Morgan fingerprint density at radius 3 is 2.39 bits per heavy atom. The molecule has 0 aliphatic heterocycles. The fraction of sp³-hybridized carbons (Fsp3) is 0. The molecule has 0 aromatic heterocycles. The smallest absolute Gasteiger partial charge is 0.258 e. The fourth-order valence-electron chi connectivity index (χ4n) is 1.32. The van der Waals surface area contributed by atoms with Gasteiger partial charge < -0.3 is 0 Å². The third-order valence-corrected chi connectivity index (χ3v) is 4.41. The van der Waals surface area contributed by atoms with E-state index in [0.717, 1.165) is 14.3 Å². The second kappa shape index (κ2) is 5.73. The summed E-state index contributed by atoms with van der Waals surface area (Å²) in [4.78, 5) is 12.1. The van der Waals surface area contributed by atoms with Crippen molar-refractivity contribution in [3.05, 3.63) is 62.1 Å². The van der Waals surface area contributed by atoms with Gasteiger partial charge in [0.25, 0.3) is 5.69 Å². The van der Waals surface area contributed by atoms with Crippen molar-refractivity contribution in [3.8, 4) is 0 Å². The molecule has 6 heteroatoms. The lowest BCUT2D eigenvalue weighted by molar-refractivity contribution is -0.384. The number of nitrogens with zero attached hydrogens (tertiary/aromatic N) is 1. The van der Waals surface area contributed by atoms with E-state index in [1.807, 2.05) is 12.1 Å². The summed E-state index contributed by atoms with van der Waals surface area (Å²) >= 11 is 10.8. The van der Waals surface area contributed by atoms with Crippen molar-refractivity contribution >= 4 is 45.0 Å². The number of rotatable bonds is 3. The van der Waals surface area contributed by atoms with E-state index in [9.17, 15) is 10.1 Å². The third-order valence-electron chi connectivity index (χ3n) is 2.17. The van der Waals surface area contributed by atoms with Crippen molar-refractivity contribution in [3.63, 3.8) is 0 Å². The van der Waals surface area contributed by atoms with Crippen molar-refractivity contribution in [1.82, 2.24) is 0 Å². The molecule has 0 aliphatic carbocycles. The summed E-state index contributed by atoms with van der Waals surface area (Å²) in [6.45, 7) is 0. The number of halogens is 2. The van der Waals surface area contributed by atoms with Crippen molar-refractivity contribution in [2.75, 3.05) is 0 Å². The molecule has 0 N–H and O–H groups in total. The van der Waals surface area contributed by atoms with Crippen LogP contribution in [0.15, 0.2) is 56.7 Å². The Bertz CT molecular complexity index is 589. The molecule has 0 fully saturated rings. The summed E-state index contributed by atoms with van der Waals surface area (Å²) in [5.41, 5.74) is 0.0921. The SMILES string of the molecule is O=[N+]([O-])c1ccc(Sc2ccc(Cl)cc2Br)cc1. The molecular formula is C12H7BrClNO2S. The molecule has 0 saturated carbocycles. The number of benzene rings is 2. The maximum atomic E-state index is 10.5. The molecule has 0 heterocycles. The van der Waals surface area contributed by atoms with Gasteiger partial charge in [-0.05, 0) is 46.3 Å². The number of nitro groups is 1. The zero-order chi connectivity index (χ0) is 13.1. The molecule has 2 rings (SSSR count). The molecule has 0 radical (unpaired) electrons. The van der Waals surface area contributed by atoms with Crippen LogP contribution >= 0.6 is 39.3 Å². The number of hydrogen-bond donors (Lipinski definition) is 0. The first-order valence-corrected chi connectivity index (χ1v) is 6.92. The van der Waals surface area contributed by atoms with E-state index in [1.54, 1.807) is 18.2 Å². The van der Waals surface area contributed by atoms with Gasteiger partial charge in [0.05, 0.1) is 4.92 Å². The molecule has 0 unspecified atom stereocenters. The highest BCUT2D eigenvalue weighted by molar-refractivity contribution is 9.10. The molecule has 0 spiro atoms. The molecule has 18 heavy (non-hydrogen) atoms. The van der Waals surface area contributed by atoms with Crippen molar-refractivity contribution < 1.29 is 4.92 Å². The number of hydrogen-bond acceptors (Lipinski definition) is 3. The summed E-state index contributed by atoms with van der Waals surface area (Å²) < 4.78 is 0.901. The van der Waals surface area contributed by atoms with Crippen molar-refractivity contribution in [1.29, 1.82) is 0 Å². The lowest BCUT2D eigenvalue weighted by Crippen LogP contribution is -1.86. The normalized spacial score (nSPS) is 10.3. The summed E-state index contributed by atoms with van der Waals surface area (Å²) in [7, 11) is 0. The quantitative estimate of drug-likeness (QED) is 0.570. The van der Waals surface area contributed by atoms with Crippen LogP contribution in [-0.2, 0) is 0 Å². The maximum absolute atomic E-state index is 10.5. The molecule has 2 aromatic rings. The number of nitro benzene ring substituents is 1. The van der Waals surface area contributed by atoms with Crippen LogP contribution in [0.2, 0.25) is 5.02 Å². The standard InChI is InChI=1S/C12H7BrClNO2S/c13-11-7-8(14)1-6-12(11)18-10-4-2-9(3-5-10)15(16)17/h1-7H. The van der Waals surface area contributed by atoms with Crippen LogP contribution in [0.4, 0.5) is 5.69 Å². The van der Waals surface area contributed by atoms with E-state index in [-0.39, 0.29) is 5.69 Å². The minimum atomic E-state index is -0.410. The molecule has 3 nitrogen and oxygen atoms in total. The largest absolute Gasteiger partial charge is 0.269 e. The monoisotopic (exact) mass is 343 g/mol. The van der Waals surface area contributed by atoms with E-state index in [1.165, 1.54) is 23.9 Å². The van der Waals surface area contributed by atoms with Crippen LogP contribution in [0.1, 0.15) is 0 Å². The first-order valence-electron chi connectivity index (χ1n) is 4.93. The Kier molecular flexibility index (Phi) is 4.27. The van der Waals surface area contributed by atoms with Crippen LogP contribution in [0, 0.1) is 10.1 Å². The predicted octanol–water partition coefficient (Wildman–Crippen LogP) is 5.16. The highest BCUT2D eigenvalue weighted by Crippen LogP contribution is 2.35. The van der Waals surface area contributed by atoms with Gasteiger partial charge in [-0.15, -0.1) is 0 Å². The Labute approximate surface area is 121 Å². The Morgan fingerprint density at radius 1 is 1.17 bits per heavy atom. The van der Waals surface area contributed by atoms with Crippen molar-refractivity contribution in [2.24, 2.45) is 0 Å². The maximum Gasteiger partial charge on any atom is 0.269 e. The van der Waals surface area contributed by atoms with E-state index < -0.39 is 4.92 Å². The highest BCUT2D eigenvalue weighted by Gasteiger charge is 2.06. The van der Waals surface area contributed by atoms with Gasteiger partial charge in [0.2, 0.25) is 0 Å². The molecule has 92 valence electrons. The fourth-order valence-corrected chi connectivity index (χ4v) is 3.06. The average Bonchev–Trinajstić information content (AvgIpc) is 2.33. The van der Waals surface area contributed by atoms with E-state index in [2.05, 4.69) is 15.9 Å². The Balaban J connectivity index is 2.21. The zero-order valence-electron chi connectivity index (χ0n) is 8.97. The van der Waals surface area contributed by atoms with Crippen LogP contribution in [-0.4, -0.2) is 4.92 Å². The lowest BCUT2D eigenvalue weighted by Gasteiger charge is -2.04. The van der Waals surface area contributed by atoms with Crippen LogP contribution in [0.5, 0.6) is 0 Å². The predicted molar refractivity (Wildman–Crippen MR) is 76.4 cm³/mol. The summed E-state index contributed by atoms with van der Waals surface area (Å²) in [6.07, 6.45) is 0. The molecule has 0 amide bonds. The van der Waals surface area contributed by atoms with Gasteiger partial charge in [-0.1, -0.05) is 23.4 Å². The molecule has 0 bridgehead atoms. The average molecular weight is 345 g/mol. The first kappa shape index (κ1) is 13.4. The van der Waals surface area contributed by atoms with E-state index >= 15 is 0 Å². The van der Waals surface area contributed by atoms with E-state index in [4.69, 9.17) is 11.6 Å². The van der Waals surface area contributed by atoms with Gasteiger partial charge in [-0.25, -0.2) is 0 Å². The Morgan fingerprint density at radius 2 is 1.83 bits per heavy atom. The number of non-ortho nitro benzene ring substituents is 1. The summed E-state index contributed by atoms with van der Waals surface area (Å²) in [5.74, 6) is 0. The third kappa shape index (κ3) is 3.25. The zero-order valence-corrected chi connectivity index (χ0v) is 12.1. The molecular weight excluding hydrogens is 338 g/mol. The molecule has 0 saturated heterocycles. The lowest BCUT2D eigenvalue weighted by atomic mass is 10.3. The van der Waals surface area contributed by atoms with Crippen LogP contribution in [0.3, 0.4) is 0 Å². The topological polar surface area (TPSA) is 43.1 Å². The minimum absolute atomic E-state index is 0.0921. The minimum Gasteiger partial charge on any atom is -0.258 e. The molecule has 0 aliphatic rings. The van der Waals surface area contributed by atoms with E-state index in [0.29, 0.717) is 5.02 Å². The van der Waals surface area contributed by atoms with Crippen LogP contribution in [0.25, 0.3) is 0 Å². The Hall–Kier alpha value is -1.04. The van der Waals surface area contributed by atoms with Gasteiger partial charge in [0.1, 0.15) is 0 Å². The van der Waals surface area contributed by atoms with Gasteiger partial charge >= 0.3 is 0 Å². The second-order valence-corrected chi connectivity index (χ2v) is 5.83. The second-order valence-electron chi connectivity index (χ2n) is 3.43. The summed E-state index contributed by atoms with van der Waals surface area (Å²) in [5, 5.41) is 11.2. The summed E-state index contributed by atoms with van der Waals surface area (Å²) in [6, 6.07) is 12.0.